The van der Waals surface area contributed by atoms with E-state index in [-0.39, 0.29) is 5.97 Å². The highest BCUT2D eigenvalue weighted by Crippen LogP contribution is 2.12. The van der Waals surface area contributed by atoms with Crippen molar-refractivity contribution in [1.29, 1.82) is 0 Å². The average Bonchev–Trinajstić information content (AvgIpc) is 3.02. The smallest absolute Gasteiger partial charge is 0.306 e. The monoisotopic (exact) mass is 387 g/mol. The largest absolute Gasteiger partial charge is 0.460 e. The van der Waals surface area contributed by atoms with Crippen molar-refractivity contribution >= 4 is 12.2 Å². The number of oxime groups is 1. The van der Waals surface area contributed by atoms with E-state index in [1.165, 1.54) is 5.56 Å². The van der Waals surface area contributed by atoms with Crippen LogP contribution in [0.2, 0.25) is 0 Å². The average molecular weight is 388 g/mol. The first-order valence-electron chi connectivity index (χ1n) is 9.90. The van der Waals surface area contributed by atoms with Crippen LogP contribution in [0.15, 0.2) is 41.8 Å². The Balaban J connectivity index is 1.55. The maximum Gasteiger partial charge on any atom is 0.306 e. The molecule has 0 fully saturated rings. The molecule has 1 heterocycles. The van der Waals surface area contributed by atoms with Gasteiger partial charge in [-0.25, -0.2) is 0 Å². The van der Waals surface area contributed by atoms with Crippen LogP contribution < -0.4 is 0 Å². The van der Waals surface area contributed by atoms with E-state index in [0.29, 0.717) is 13.0 Å². The quantitative estimate of drug-likeness (QED) is 0.262. The first kappa shape index (κ1) is 21.8. The molecule has 0 N–H and O–H groups in total. The molecule has 1 aliphatic rings. The van der Waals surface area contributed by atoms with Gasteiger partial charge in [-0.05, 0) is 51.2 Å². The minimum Gasteiger partial charge on any atom is -0.460 e. The Morgan fingerprint density at radius 2 is 1.89 bits per heavy atom. The van der Waals surface area contributed by atoms with Crippen molar-refractivity contribution in [2.45, 2.75) is 58.6 Å². The van der Waals surface area contributed by atoms with Gasteiger partial charge in [0.05, 0.1) is 12.9 Å². The number of carbonyl (C=O) groups excluding carboxylic acids is 1. The van der Waals surface area contributed by atoms with Gasteiger partial charge in [0.1, 0.15) is 12.2 Å². The Hall–Kier alpha value is -2.50. The van der Waals surface area contributed by atoms with E-state index < -0.39 is 5.60 Å². The second kappa shape index (κ2) is 10.7. The molecule has 0 aromatic heterocycles. The first-order chi connectivity index (χ1) is 13.3. The van der Waals surface area contributed by atoms with Crippen molar-refractivity contribution in [2.24, 2.45) is 5.16 Å². The maximum absolute atomic E-state index is 11.6. The van der Waals surface area contributed by atoms with E-state index in [2.05, 4.69) is 46.5 Å². The molecule has 6 heteroatoms. The number of hydrogen-bond acceptors (Lipinski definition) is 6. The van der Waals surface area contributed by atoms with E-state index in [9.17, 15) is 4.79 Å². The van der Waals surface area contributed by atoms with Gasteiger partial charge in [-0.15, -0.1) is 0 Å². The number of carbonyl (C=O) groups is 1. The van der Waals surface area contributed by atoms with Crippen LogP contribution in [0.25, 0.3) is 0 Å². The molecule has 28 heavy (non-hydrogen) atoms. The third-order valence-electron chi connectivity index (χ3n) is 4.11. The standard InChI is InChI=1S/C22H33N3O3/c1-22(2,3)28-21(26)8-6-5-7-15-27-23-16-19-9-11-20(12-10-19)17-25-14-13-24(4)18-25/h9-14,16H,5-8,15,17-18H2,1-4H3/b23-16+. The number of unbranched alkanes of at least 4 members (excludes halogenated alkanes) is 2. The van der Waals surface area contributed by atoms with Crippen LogP contribution in [0.3, 0.4) is 0 Å². The number of benzene rings is 1. The lowest BCUT2D eigenvalue weighted by molar-refractivity contribution is -0.154. The second-order valence-corrected chi connectivity index (χ2v) is 8.15. The van der Waals surface area contributed by atoms with E-state index in [1.807, 2.05) is 32.9 Å². The van der Waals surface area contributed by atoms with Crippen molar-refractivity contribution in [3.05, 3.63) is 47.8 Å². The SMILES string of the molecule is CN1C=CN(Cc2ccc(/C=N/OCCCCCC(=O)OC(C)(C)C)cc2)C1. The molecule has 6 nitrogen and oxygen atoms in total. The molecule has 0 bridgehead atoms. The molecule has 0 saturated heterocycles. The number of ether oxygens (including phenoxy) is 1. The van der Waals surface area contributed by atoms with Gasteiger partial charge in [0.15, 0.2) is 0 Å². The third-order valence-corrected chi connectivity index (χ3v) is 4.11. The molecule has 1 aromatic rings. The van der Waals surface area contributed by atoms with Gasteiger partial charge in [0.25, 0.3) is 0 Å². The van der Waals surface area contributed by atoms with E-state index >= 15 is 0 Å². The summed E-state index contributed by atoms with van der Waals surface area (Å²) in [7, 11) is 2.07. The molecule has 0 radical (unpaired) electrons. The summed E-state index contributed by atoms with van der Waals surface area (Å²) in [5, 5.41) is 4.02. The molecule has 0 aliphatic carbocycles. The molecule has 1 aliphatic heterocycles. The Morgan fingerprint density at radius 3 is 2.54 bits per heavy atom. The van der Waals surface area contributed by atoms with Crippen LogP contribution in [-0.2, 0) is 20.9 Å². The number of rotatable bonds is 10. The van der Waals surface area contributed by atoms with E-state index in [0.717, 1.165) is 38.0 Å². The number of esters is 1. The van der Waals surface area contributed by atoms with Gasteiger partial charge in [-0.1, -0.05) is 29.4 Å². The maximum atomic E-state index is 11.6. The lowest BCUT2D eigenvalue weighted by Crippen LogP contribution is -2.23. The molecule has 0 amide bonds. The minimum atomic E-state index is -0.408. The van der Waals surface area contributed by atoms with Gasteiger partial charge in [-0.3, -0.25) is 4.79 Å². The van der Waals surface area contributed by atoms with Crippen LogP contribution in [-0.4, -0.2) is 47.9 Å². The summed E-state index contributed by atoms with van der Waals surface area (Å²) in [6.45, 7) is 8.03. The molecule has 1 aromatic carbocycles. The topological polar surface area (TPSA) is 54.4 Å². The Labute approximate surface area is 168 Å². The highest BCUT2D eigenvalue weighted by Gasteiger charge is 2.15. The summed E-state index contributed by atoms with van der Waals surface area (Å²) in [6.07, 6.45) is 8.98. The van der Waals surface area contributed by atoms with Crippen LogP contribution in [0.4, 0.5) is 0 Å². The lowest BCUT2D eigenvalue weighted by Gasteiger charge is -2.19. The molecule has 0 atom stereocenters. The second-order valence-electron chi connectivity index (χ2n) is 8.15. The van der Waals surface area contributed by atoms with Crippen molar-refractivity contribution in [3.63, 3.8) is 0 Å². The van der Waals surface area contributed by atoms with Gasteiger partial charge in [-0.2, -0.15) is 0 Å². The van der Waals surface area contributed by atoms with Crippen LogP contribution in [0.5, 0.6) is 0 Å². The molecular weight excluding hydrogens is 354 g/mol. The fourth-order valence-electron chi connectivity index (χ4n) is 2.79. The van der Waals surface area contributed by atoms with Gasteiger partial charge < -0.3 is 19.4 Å². The number of hydrogen-bond donors (Lipinski definition) is 0. The zero-order valence-electron chi connectivity index (χ0n) is 17.6. The summed E-state index contributed by atoms with van der Waals surface area (Å²) in [4.78, 5) is 21.3. The van der Waals surface area contributed by atoms with Crippen molar-refractivity contribution < 1.29 is 14.4 Å². The zero-order valence-corrected chi connectivity index (χ0v) is 17.6. The van der Waals surface area contributed by atoms with Crippen LogP contribution >= 0.6 is 0 Å². The summed E-state index contributed by atoms with van der Waals surface area (Å²) < 4.78 is 5.28. The summed E-state index contributed by atoms with van der Waals surface area (Å²) in [5.74, 6) is -0.136. The zero-order chi connectivity index (χ0) is 20.4. The van der Waals surface area contributed by atoms with Gasteiger partial charge in [0.2, 0.25) is 0 Å². The Bertz CT molecular complexity index is 663. The summed E-state index contributed by atoms with van der Waals surface area (Å²) >= 11 is 0. The fourth-order valence-corrected chi connectivity index (χ4v) is 2.79. The molecule has 0 spiro atoms. The first-order valence-corrected chi connectivity index (χ1v) is 9.90. The fraction of sp³-hybridized carbons (Fsp3) is 0.545. The highest BCUT2D eigenvalue weighted by molar-refractivity contribution is 5.79. The molecular formula is C22H33N3O3. The van der Waals surface area contributed by atoms with Crippen molar-refractivity contribution in [1.82, 2.24) is 9.80 Å². The summed E-state index contributed by atoms with van der Waals surface area (Å²) in [5.41, 5.74) is 1.88. The predicted octanol–water partition coefficient (Wildman–Crippen LogP) is 4.12. The Kier molecular flexibility index (Phi) is 8.36. The highest BCUT2D eigenvalue weighted by atomic mass is 16.6. The van der Waals surface area contributed by atoms with E-state index in [4.69, 9.17) is 9.57 Å². The summed E-state index contributed by atoms with van der Waals surface area (Å²) in [6, 6.07) is 8.33. The van der Waals surface area contributed by atoms with Gasteiger partial charge in [0, 0.05) is 32.4 Å². The third kappa shape index (κ3) is 8.93. The molecule has 2 rings (SSSR count). The van der Waals surface area contributed by atoms with Crippen LogP contribution in [0, 0.1) is 0 Å². The molecule has 0 saturated carbocycles. The van der Waals surface area contributed by atoms with Crippen molar-refractivity contribution in [3.8, 4) is 0 Å². The lowest BCUT2D eigenvalue weighted by atomic mass is 10.1. The Morgan fingerprint density at radius 1 is 1.14 bits per heavy atom. The minimum absolute atomic E-state index is 0.136. The predicted molar refractivity (Wildman–Crippen MR) is 112 cm³/mol. The van der Waals surface area contributed by atoms with Crippen LogP contribution in [0.1, 0.15) is 57.6 Å². The van der Waals surface area contributed by atoms with E-state index in [1.54, 1.807) is 6.21 Å². The van der Waals surface area contributed by atoms with Crippen molar-refractivity contribution in [2.75, 3.05) is 20.3 Å². The molecule has 154 valence electrons. The normalized spacial score (nSPS) is 14.1. The number of nitrogens with zero attached hydrogens (tertiary/aromatic N) is 3. The molecule has 0 unspecified atom stereocenters. The van der Waals surface area contributed by atoms with Gasteiger partial charge >= 0.3 is 5.97 Å².